The lowest BCUT2D eigenvalue weighted by molar-refractivity contribution is -0.127. The summed E-state index contributed by atoms with van der Waals surface area (Å²) in [5, 5.41) is 1.81. The zero-order valence-corrected chi connectivity index (χ0v) is 15.7. The Kier molecular flexibility index (Phi) is 6.07. The summed E-state index contributed by atoms with van der Waals surface area (Å²) >= 11 is 1.44. The Balaban J connectivity index is 1.58. The molecule has 0 unspecified atom stereocenters. The number of benzene rings is 2. The van der Waals surface area contributed by atoms with Crippen LogP contribution in [0.5, 0.6) is 5.75 Å². The SMILES string of the molecule is CCOc1ccc(CN(C)C(=O)CSc2ncnc3ccccc23)cc1. The fourth-order valence-corrected chi connectivity index (χ4v) is 3.49. The number of aromatic nitrogens is 2. The smallest absolute Gasteiger partial charge is 0.233 e. The second kappa shape index (κ2) is 8.67. The maximum atomic E-state index is 12.5. The second-order valence-electron chi connectivity index (χ2n) is 5.81. The van der Waals surface area contributed by atoms with Gasteiger partial charge in [0.15, 0.2) is 0 Å². The minimum absolute atomic E-state index is 0.0616. The van der Waals surface area contributed by atoms with Gasteiger partial charge in [-0.05, 0) is 30.7 Å². The summed E-state index contributed by atoms with van der Waals surface area (Å²) in [5.41, 5.74) is 1.96. The van der Waals surface area contributed by atoms with Crippen molar-refractivity contribution in [1.82, 2.24) is 14.9 Å². The zero-order valence-electron chi connectivity index (χ0n) is 14.9. The average Bonchev–Trinajstić information content (AvgIpc) is 2.67. The van der Waals surface area contributed by atoms with Crippen LogP contribution in [-0.4, -0.2) is 40.2 Å². The van der Waals surface area contributed by atoms with Gasteiger partial charge in [-0.3, -0.25) is 4.79 Å². The molecule has 134 valence electrons. The van der Waals surface area contributed by atoms with E-state index in [9.17, 15) is 4.79 Å². The van der Waals surface area contributed by atoms with Crippen LogP contribution < -0.4 is 4.74 Å². The van der Waals surface area contributed by atoms with Crippen LogP contribution in [0.3, 0.4) is 0 Å². The van der Waals surface area contributed by atoms with Crippen LogP contribution >= 0.6 is 11.8 Å². The van der Waals surface area contributed by atoms with Gasteiger partial charge in [0.05, 0.1) is 17.9 Å². The lowest BCUT2D eigenvalue weighted by Crippen LogP contribution is -2.27. The van der Waals surface area contributed by atoms with Crippen molar-refractivity contribution in [2.24, 2.45) is 0 Å². The Morgan fingerprint density at radius 3 is 2.65 bits per heavy atom. The van der Waals surface area contributed by atoms with E-state index in [-0.39, 0.29) is 5.91 Å². The van der Waals surface area contributed by atoms with E-state index in [2.05, 4.69) is 9.97 Å². The van der Waals surface area contributed by atoms with Gasteiger partial charge in [0.25, 0.3) is 0 Å². The first-order valence-corrected chi connectivity index (χ1v) is 9.44. The first-order chi connectivity index (χ1) is 12.7. The van der Waals surface area contributed by atoms with Crippen LogP contribution in [0, 0.1) is 0 Å². The van der Waals surface area contributed by atoms with Crippen molar-refractivity contribution >= 4 is 28.6 Å². The fourth-order valence-electron chi connectivity index (χ4n) is 2.56. The molecule has 1 heterocycles. The Morgan fingerprint density at radius 1 is 1.12 bits per heavy atom. The third kappa shape index (κ3) is 4.52. The summed E-state index contributed by atoms with van der Waals surface area (Å²) in [7, 11) is 1.82. The Morgan fingerprint density at radius 2 is 1.88 bits per heavy atom. The third-order valence-corrected chi connectivity index (χ3v) is 4.91. The molecular weight excluding hydrogens is 346 g/mol. The summed E-state index contributed by atoms with van der Waals surface area (Å²) < 4.78 is 5.44. The molecular formula is C20H21N3O2S. The predicted octanol–water partition coefficient (Wildman–Crippen LogP) is 3.78. The molecule has 3 rings (SSSR count). The Labute approximate surface area is 157 Å². The van der Waals surface area contributed by atoms with Crippen molar-refractivity contribution in [1.29, 1.82) is 0 Å². The monoisotopic (exact) mass is 367 g/mol. The van der Waals surface area contributed by atoms with Gasteiger partial charge in [0.2, 0.25) is 5.91 Å². The molecule has 0 saturated heterocycles. The fraction of sp³-hybridized carbons (Fsp3) is 0.250. The van der Waals surface area contributed by atoms with Crippen LogP contribution in [0.15, 0.2) is 59.9 Å². The molecule has 0 aliphatic rings. The van der Waals surface area contributed by atoms with Crippen LogP contribution in [0.25, 0.3) is 10.9 Å². The zero-order chi connectivity index (χ0) is 18.4. The number of carbonyl (C=O) groups is 1. The van der Waals surface area contributed by atoms with Crippen molar-refractivity contribution in [3.63, 3.8) is 0 Å². The van der Waals surface area contributed by atoms with Crippen LogP contribution in [0.2, 0.25) is 0 Å². The molecule has 26 heavy (non-hydrogen) atoms. The molecule has 1 aromatic heterocycles. The number of hydrogen-bond acceptors (Lipinski definition) is 5. The van der Waals surface area contributed by atoms with Gasteiger partial charge < -0.3 is 9.64 Å². The van der Waals surface area contributed by atoms with Crippen LogP contribution in [0.1, 0.15) is 12.5 Å². The van der Waals surface area contributed by atoms with Crippen molar-refractivity contribution in [2.75, 3.05) is 19.4 Å². The number of rotatable bonds is 7. The number of thioether (sulfide) groups is 1. The van der Waals surface area contributed by atoms with Gasteiger partial charge in [-0.25, -0.2) is 9.97 Å². The van der Waals surface area contributed by atoms with Crippen LogP contribution in [0.4, 0.5) is 0 Å². The van der Waals surface area contributed by atoms with E-state index < -0.39 is 0 Å². The number of carbonyl (C=O) groups excluding carboxylic acids is 1. The van der Waals surface area contributed by atoms with Crippen molar-refractivity contribution in [2.45, 2.75) is 18.5 Å². The number of nitrogens with zero attached hydrogens (tertiary/aromatic N) is 3. The van der Waals surface area contributed by atoms with Gasteiger partial charge in [-0.15, -0.1) is 0 Å². The van der Waals surface area contributed by atoms with E-state index in [4.69, 9.17) is 4.74 Å². The highest BCUT2D eigenvalue weighted by molar-refractivity contribution is 8.00. The lowest BCUT2D eigenvalue weighted by Gasteiger charge is -2.17. The summed E-state index contributed by atoms with van der Waals surface area (Å²) in [6.07, 6.45) is 1.54. The number of ether oxygens (including phenoxy) is 1. The number of amides is 1. The minimum Gasteiger partial charge on any atom is -0.494 e. The molecule has 0 aliphatic heterocycles. The second-order valence-corrected chi connectivity index (χ2v) is 6.78. The van der Waals surface area contributed by atoms with E-state index in [1.54, 1.807) is 11.2 Å². The molecule has 0 radical (unpaired) electrons. The van der Waals surface area contributed by atoms with Crippen LogP contribution in [-0.2, 0) is 11.3 Å². The quantitative estimate of drug-likeness (QED) is 0.470. The molecule has 0 aliphatic carbocycles. The average molecular weight is 367 g/mol. The molecule has 1 amide bonds. The largest absolute Gasteiger partial charge is 0.494 e. The molecule has 2 aromatic carbocycles. The molecule has 0 bridgehead atoms. The van der Waals surface area contributed by atoms with E-state index in [0.717, 1.165) is 27.2 Å². The molecule has 0 saturated carbocycles. The standard InChI is InChI=1S/C20H21N3O2S/c1-3-25-16-10-8-15(9-11-16)12-23(2)19(24)13-26-20-17-6-4-5-7-18(17)21-14-22-20/h4-11,14H,3,12-13H2,1-2H3. The van der Waals surface area contributed by atoms with Gasteiger partial charge in [0.1, 0.15) is 17.1 Å². The molecule has 5 nitrogen and oxygen atoms in total. The Hall–Kier alpha value is -2.60. The van der Waals surface area contributed by atoms with Crippen molar-refractivity contribution < 1.29 is 9.53 Å². The van der Waals surface area contributed by atoms with E-state index in [1.165, 1.54) is 11.8 Å². The molecule has 0 N–H and O–H groups in total. The summed E-state index contributed by atoms with van der Waals surface area (Å²) in [5.74, 6) is 1.25. The molecule has 6 heteroatoms. The number of hydrogen-bond donors (Lipinski definition) is 0. The predicted molar refractivity (Wildman–Crippen MR) is 104 cm³/mol. The van der Waals surface area contributed by atoms with Crippen molar-refractivity contribution in [3.05, 3.63) is 60.4 Å². The topological polar surface area (TPSA) is 55.3 Å². The molecule has 0 fully saturated rings. The van der Waals surface area contributed by atoms with E-state index in [0.29, 0.717) is 18.9 Å². The number of para-hydroxylation sites is 1. The third-order valence-electron chi connectivity index (χ3n) is 3.92. The van der Waals surface area contributed by atoms with Crippen molar-refractivity contribution in [3.8, 4) is 5.75 Å². The highest BCUT2D eigenvalue weighted by Gasteiger charge is 2.12. The van der Waals surface area contributed by atoms with Gasteiger partial charge in [-0.1, -0.05) is 42.1 Å². The maximum absolute atomic E-state index is 12.5. The van der Waals surface area contributed by atoms with E-state index in [1.807, 2.05) is 62.5 Å². The first-order valence-electron chi connectivity index (χ1n) is 8.45. The molecule has 0 spiro atoms. The van der Waals surface area contributed by atoms with Gasteiger partial charge >= 0.3 is 0 Å². The summed E-state index contributed by atoms with van der Waals surface area (Å²) in [4.78, 5) is 22.8. The molecule has 3 aromatic rings. The lowest BCUT2D eigenvalue weighted by atomic mass is 10.2. The first kappa shape index (κ1) is 18.2. The summed E-state index contributed by atoms with van der Waals surface area (Å²) in [6.45, 7) is 3.17. The van der Waals surface area contributed by atoms with Gasteiger partial charge in [0, 0.05) is 19.0 Å². The van der Waals surface area contributed by atoms with E-state index >= 15 is 0 Å². The maximum Gasteiger partial charge on any atom is 0.233 e. The Bertz CT molecular complexity index is 878. The number of fused-ring (bicyclic) bond motifs is 1. The normalized spacial score (nSPS) is 10.7. The highest BCUT2D eigenvalue weighted by Crippen LogP contribution is 2.24. The summed E-state index contributed by atoms with van der Waals surface area (Å²) in [6, 6.07) is 15.7. The highest BCUT2D eigenvalue weighted by atomic mass is 32.2. The van der Waals surface area contributed by atoms with Gasteiger partial charge in [-0.2, -0.15) is 0 Å². The minimum atomic E-state index is 0.0616. The molecule has 0 atom stereocenters.